The summed E-state index contributed by atoms with van der Waals surface area (Å²) in [5.41, 5.74) is 6.08. The lowest BCUT2D eigenvalue weighted by Gasteiger charge is -2.35. The van der Waals surface area contributed by atoms with E-state index in [0.717, 1.165) is 11.9 Å². The molecule has 1 saturated heterocycles. The van der Waals surface area contributed by atoms with E-state index < -0.39 is 0 Å². The van der Waals surface area contributed by atoms with Crippen molar-refractivity contribution >= 4 is 16.7 Å². The number of nitrogens with one attached hydrogen (secondary N) is 1. The van der Waals surface area contributed by atoms with Crippen LogP contribution < -0.4 is 11.1 Å². The average molecular weight is 285 g/mol. The first-order valence-electron chi connectivity index (χ1n) is 7.15. The highest BCUT2D eigenvalue weighted by Gasteiger charge is 2.28. The van der Waals surface area contributed by atoms with Crippen molar-refractivity contribution in [3.05, 3.63) is 42.0 Å². The van der Waals surface area contributed by atoms with Crippen molar-refractivity contribution in [2.24, 2.45) is 5.73 Å². The SMILES string of the molecule is NCC1CNCCN1C(=O)c1ccc2ccccc2c1O. The molecule has 0 spiro atoms. The summed E-state index contributed by atoms with van der Waals surface area (Å²) in [5.74, 6) is -0.109. The van der Waals surface area contributed by atoms with Crippen molar-refractivity contribution in [2.45, 2.75) is 6.04 Å². The van der Waals surface area contributed by atoms with Gasteiger partial charge in [-0.1, -0.05) is 30.3 Å². The Balaban J connectivity index is 1.99. The number of phenolic OH excluding ortho intramolecular Hbond substituents is 1. The normalized spacial score (nSPS) is 18.9. The molecule has 2 aromatic carbocycles. The van der Waals surface area contributed by atoms with Gasteiger partial charge in [0.2, 0.25) is 0 Å². The third kappa shape index (κ3) is 2.46. The monoisotopic (exact) mass is 285 g/mol. The Hall–Kier alpha value is -2.11. The highest BCUT2D eigenvalue weighted by Crippen LogP contribution is 2.29. The number of nitrogens with zero attached hydrogens (tertiary/aromatic N) is 1. The van der Waals surface area contributed by atoms with Crippen LogP contribution in [0.2, 0.25) is 0 Å². The van der Waals surface area contributed by atoms with E-state index in [-0.39, 0.29) is 17.7 Å². The zero-order valence-electron chi connectivity index (χ0n) is 11.7. The second kappa shape index (κ2) is 5.71. The van der Waals surface area contributed by atoms with Crippen LogP contribution >= 0.6 is 0 Å². The first-order valence-corrected chi connectivity index (χ1v) is 7.15. The molecule has 1 amide bonds. The lowest BCUT2D eigenvalue weighted by molar-refractivity contribution is 0.0642. The van der Waals surface area contributed by atoms with Crippen LogP contribution in [0.5, 0.6) is 5.75 Å². The number of carbonyl (C=O) groups is 1. The first-order chi connectivity index (χ1) is 10.2. The Labute approximate surface area is 123 Å². The zero-order valence-corrected chi connectivity index (χ0v) is 11.7. The number of amides is 1. The highest BCUT2D eigenvalue weighted by atomic mass is 16.3. The van der Waals surface area contributed by atoms with Crippen LogP contribution in [0.15, 0.2) is 36.4 Å². The number of rotatable bonds is 2. The molecule has 5 nitrogen and oxygen atoms in total. The maximum absolute atomic E-state index is 12.7. The number of benzene rings is 2. The van der Waals surface area contributed by atoms with Gasteiger partial charge in [0, 0.05) is 31.6 Å². The fraction of sp³-hybridized carbons (Fsp3) is 0.312. The van der Waals surface area contributed by atoms with Crippen LogP contribution in [0.4, 0.5) is 0 Å². The van der Waals surface area contributed by atoms with Crippen molar-refractivity contribution in [3.8, 4) is 5.75 Å². The van der Waals surface area contributed by atoms with Gasteiger partial charge >= 0.3 is 0 Å². The van der Waals surface area contributed by atoms with Crippen molar-refractivity contribution in [1.82, 2.24) is 10.2 Å². The summed E-state index contributed by atoms with van der Waals surface area (Å²) in [7, 11) is 0. The Bertz CT molecular complexity index is 672. The summed E-state index contributed by atoms with van der Waals surface area (Å²) >= 11 is 0. The molecule has 1 atom stereocenters. The van der Waals surface area contributed by atoms with Crippen LogP contribution in [-0.2, 0) is 0 Å². The molecule has 0 bridgehead atoms. The summed E-state index contributed by atoms with van der Waals surface area (Å²) in [6, 6.07) is 11.0. The van der Waals surface area contributed by atoms with E-state index in [1.165, 1.54) is 0 Å². The van der Waals surface area contributed by atoms with Gasteiger partial charge in [-0.25, -0.2) is 0 Å². The number of aromatic hydroxyl groups is 1. The smallest absolute Gasteiger partial charge is 0.258 e. The Morgan fingerprint density at radius 1 is 1.33 bits per heavy atom. The van der Waals surface area contributed by atoms with E-state index in [9.17, 15) is 9.90 Å². The molecule has 4 N–H and O–H groups in total. The van der Waals surface area contributed by atoms with Crippen LogP contribution in [0.25, 0.3) is 10.8 Å². The number of nitrogens with two attached hydrogens (primary N) is 1. The van der Waals surface area contributed by atoms with Gasteiger partial charge in [0.05, 0.1) is 11.6 Å². The lowest BCUT2D eigenvalue weighted by Crippen LogP contribution is -2.56. The second-order valence-corrected chi connectivity index (χ2v) is 5.28. The number of phenols is 1. The maximum atomic E-state index is 12.7. The predicted octanol–water partition coefficient (Wildman–Crippen LogP) is 0.918. The fourth-order valence-electron chi connectivity index (χ4n) is 2.82. The molecule has 1 unspecified atom stereocenters. The summed E-state index contributed by atoms with van der Waals surface area (Å²) < 4.78 is 0. The van der Waals surface area contributed by atoms with Gasteiger partial charge in [0.15, 0.2) is 0 Å². The summed E-state index contributed by atoms with van der Waals surface area (Å²) in [5, 5.41) is 15.3. The molecule has 0 radical (unpaired) electrons. The van der Waals surface area contributed by atoms with E-state index in [4.69, 9.17) is 5.73 Å². The molecule has 0 aromatic heterocycles. The van der Waals surface area contributed by atoms with Gasteiger partial charge in [-0.2, -0.15) is 0 Å². The number of carbonyl (C=O) groups excluding carboxylic acids is 1. The van der Waals surface area contributed by atoms with E-state index in [1.807, 2.05) is 30.3 Å². The summed E-state index contributed by atoms with van der Waals surface area (Å²) in [6.07, 6.45) is 0. The van der Waals surface area contributed by atoms with Gasteiger partial charge < -0.3 is 21.1 Å². The number of hydrogen-bond acceptors (Lipinski definition) is 4. The molecule has 1 aliphatic rings. The van der Waals surface area contributed by atoms with E-state index in [2.05, 4.69) is 5.32 Å². The van der Waals surface area contributed by atoms with Crippen LogP contribution in [-0.4, -0.2) is 48.1 Å². The first kappa shape index (κ1) is 13.9. The molecule has 0 aliphatic carbocycles. The number of fused-ring (bicyclic) bond motifs is 1. The summed E-state index contributed by atoms with van der Waals surface area (Å²) in [6.45, 7) is 2.45. The molecule has 0 saturated carbocycles. The van der Waals surface area contributed by atoms with Crippen molar-refractivity contribution in [3.63, 3.8) is 0 Å². The minimum Gasteiger partial charge on any atom is -0.506 e. The third-order valence-electron chi connectivity index (χ3n) is 4.01. The van der Waals surface area contributed by atoms with Crippen LogP contribution in [0, 0.1) is 0 Å². The number of piperazine rings is 1. The molecular formula is C16H19N3O2. The van der Waals surface area contributed by atoms with E-state index in [0.29, 0.717) is 30.6 Å². The second-order valence-electron chi connectivity index (χ2n) is 5.28. The van der Waals surface area contributed by atoms with Gasteiger partial charge in [-0.05, 0) is 11.5 Å². The van der Waals surface area contributed by atoms with Crippen molar-refractivity contribution < 1.29 is 9.90 Å². The Morgan fingerprint density at radius 2 is 2.14 bits per heavy atom. The zero-order chi connectivity index (χ0) is 14.8. The molecule has 1 fully saturated rings. The predicted molar refractivity (Wildman–Crippen MR) is 82.4 cm³/mol. The maximum Gasteiger partial charge on any atom is 0.258 e. The molecule has 5 heteroatoms. The molecule has 110 valence electrons. The van der Waals surface area contributed by atoms with Gasteiger partial charge in [-0.3, -0.25) is 4.79 Å². The Kier molecular flexibility index (Phi) is 3.77. The van der Waals surface area contributed by atoms with Crippen LogP contribution in [0.3, 0.4) is 0 Å². The molecule has 21 heavy (non-hydrogen) atoms. The minimum absolute atomic E-state index is 0.0304. The average Bonchev–Trinajstić information content (AvgIpc) is 2.55. The van der Waals surface area contributed by atoms with Crippen molar-refractivity contribution in [2.75, 3.05) is 26.2 Å². The highest BCUT2D eigenvalue weighted by molar-refractivity contribution is 6.03. The Morgan fingerprint density at radius 3 is 2.95 bits per heavy atom. The lowest BCUT2D eigenvalue weighted by atomic mass is 10.0. The van der Waals surface area contributed by atoms with E-state index in [1.54, 1.807) is 11.0 Å². The molecule has 1 heterocycles. The topological polar surface area (TPSA) is 78.6 Å². The van der Waals surface area contributed by atoms with E-state index >= 15 is 0 Å². The number of hydrogen-bond donors (Lipinski definition) is 3. The molecular weight excluding hydrogens is 266 g/mol. The summed E-state index contributed by atoms with van der Waals surface area (Å²) in [4.78, 5) is 14.5. The third-order valence-corrected chi connectivity index (χ3v) is 4.01. The minimum atomic E-state index is -0.157. The largest absolute Gasteiger partial charge is 0.506 e. The van der Waals surface area contributed by atoms with Crippen molar-refractivity contribution in [1.29, 1.82) is 0 Å². The molecule has 1 aliphatic heterocycles. The molecule has 2 aromatic rings. The fourth-order valence-corrected chi connectivity index (χ4v) is 2.82. The quantitative estimate of drug-likeness (QED) is 0.766. The van der Waals surface area contributed by atoms with Gasteiger partial charge in [0.25, 0.3) is 5.91 Å². The van der Waals surface area contributed by atoms with Crippen LogP contribution in [0.1, 0.15) is 10.4 Å². The van der Waals surface area contributed by atoms with Gasteiger partial charge in [0.1, 0.15) is 5.75 Å². The molecule has 3 rings (SSSR count). The van der Waals surface area contributed by atoms with Gasteiger partial charge in [-0.15, -0.1) is 0 Å². The standard InChI is InChI=1S/C16H19N3O2/c17-9-12-10-18-7-8-19(12)16(21)14-6-5-11-3-1-2-4-13(11)15(14)20/h1-6,12,18,20H,7-10,17H2.